The minimum atomic E-state index is -0.807. The predicted molar refractivity (Wildman–Crippen MR) is 69.4 cm³/mol. The van der Waals surface area contributed by atoms with Crippen LogP contribution in [0.4, 0.5) is 0 Å². The van der Waals surface area contributed by atoms with Gasteiger partial charge in [0, 0.05) is 5.75 Å². The highest BCUT2D eigenvalue weighted by Crippen LogP contribution is 2.26. The first-order valence-corrected chi connectivity index (χ1v) is 7.10. The fourth-order valence-electron chi connectivity index (χ4n) is 1.36. The van der Waals surface area contributed by atoms with Gasteiger partial charge >= 0.3 is 5.97 Å². The number of hydrogen-bond acceptors (Lipinski definition) is 4. The van der Waals surface area contributed by atoms with Gasteiger partial charge in [-0.25, -0.2) is 0 Å². The summed E-state index contributed by atoms with van der Waals surface area (Å²) in [5.74, 6) is 0.0391. The molecular weight excluding hydrogens is 242 g/mol. The van der Waals surface area contributed by atoms with E-state index in [1.54, 1.807) is 30.0 Å². The Kier molecular flexibility index (Phi) is 5.31. The molecule has 90 valence electrons. The molecule has 3 nitrogen and oxygen atoms in total. The Morgan fingerprint density at radius 2 is 2.44 bits per heavy atom. The van der Waals surface area contributed by atoms with Crippen molar-refractivity contribution in [3.63, 3.8) is 0 Å². The summed E-state index contributed by atoms with van der Waals surface area (Å²) in [5, 5.41) is 14.2. The smallest absolute Gasteiger partial charge is 0.323 e. The van der Waals surface area contributed by atoms with E-state index in [4.69, 9.17) is 5.11 Å². The van der Waals surface area contributed by atoms with Crippen LogP contribution in [0.5, 0.6) is 0 Å². The van der Waals surface area contributed by atoms with Crippen LogP contribution in [0.2, 0.25) is 0 Å². The molecule has 1 heterocycles. The average molecular weight is 259 g/mol. The van der Waals surface area contributed by atoms with Crippen LogP contribution < -0.4 is 5.32 Å². The molecule has 5 heteroatoms. The summed E-state index contributed by atoms with van der Waals surface area (Å²) in [5.41, 5.74) is -0.807. The summed E-state index contributed by atoms with van der Waals surface area (Å²) < 4.78 is 1.24. The number of carboxylic acid groups (broad SMARTS) is 1. The van der Waals surface area contributed by atoms with Gasteiger partial charge in [-0.1, -0.05) is 13.0 Å². The third kappa shape index (κ3) is 3.81. The SMILES string of the molecule is CCNC(C)(CCSc1cccs1)C(=O)O. The fourth-order valence-corrected chi connectivity index (χ4v) is 3.39. The largest absolute Gasteiger partial charge is 0.480 e. The first-order chi connectivity index (χ1) is 7.58. The van der Waals surface area contributed by atoms with Crippen LogP contribution in [0.1, 0.15) is 20.3 Å². The van der Waals surface area contributed by atoms with Crippen molar-refractivity contribution in [1.82, 2.24) is 5.32 Å². The van der Waals surface area contributed by atoms with Gasteiger partial charge in [0.15, 0.2) is 0 Å². The Hall–Kier alpha value is -0.520. The highest BCUT2D eigenvalue weighted by molar-refractivity contribution is 8.01. The maximum Gasteiger partial charge on any atom is 0.323 e. The minimum absolute atomic E-state index is 0.624. The van der Waals surface area contributed by atoms with Crippen molar-refractivity contribution in [1.29, 1.82) is 0 Å². The molecule has 1 aromatic heterocycles. The lowest BCUT2D eigenvalue weighted by Crippen LogP contribution is -2.49. The fraction of sp³-hybridized carbons (Fsp3) is 0.545. The van der Waals surface area contributed by atoms with Crippen molar-refractivity contribution in [2.75, 3.05) is 12.3 Å². The maximum atomic E-state index is 11.1. The molecule has 1 unspecified atom stereocenters. The number of likely N-dealkylation sites (N-methyl/N-ethyl adjacent to an activating group) is 1. The van der Waals surface area contributed by atoms with Gasteiger partial charge < -0.3 is 10.4 Å². The molecule has 1 atom stereocenters. The summed E-state index contributed by atoms with van der Waals surface area (Å²) in [4.78, 5) is 11.1. The number of carboxylic acids is 1. The van der Waals surface area contributed by atoms with Gasteiger partial charge in [0.1, 0.15) is 5.54 Å². The number of thiophene rings is 1. The zero-order valence-electron chi connectivity index (χ0n) is 9.53. The number of rotatable bonds is 7. The maximum absolute atomic E-state index is 11.1. The van der Waals surface area contributed by atoms with Crippen molar-refractivity contribution in [3.8, 4) is 0 Å². The second-order valence-corrected chi connectivity index (χ2v) is 6.04. The van der Waals surface area contributed by atoms with Crippen LogP contribution in [0.25, 0.3) is 0 Å². The van der Waals surface area contributed by atoms with Gasteiger partial charge in [-0.05, 0) is 31.3 Å². The Balaban J connectivity index is 2.41. The van der Waals surface area contributed by atoms with Crippen LogP contribution in [0.3, 0.4) is 0 Å². The molecule has 0 aliphatic heterocycles. The van der Waals surface area contributed by atoms with E-state index in [0.29, 0.717) is 13.0 Å². The molecule has 0 amide bonds. The molecule has 0 aromatic carbocycles. The van der Waals surface area contributed by atoms with Crippen LogP contribution in [-0.2, 0) is 4.79 Å². The van der Waals surface area contributed by atoms with Gasteiger partial charge in [-0.3, -0.25) is 4.79 Å². The summed E-state index contributed by atoms with van der Waals surface area (Å²) in [6.07, 6.45) is 0.624. The van der Waals surface area contributed by atoms with Crippen LogP contribution >= 0.6 is 23.1 Å². The number of aliphatic carboxylic acids is 1. The highest BCUT2D eigenvalue weighted by atomic mass is 32.2. The van der Waals surface area contributed by atoms with E-state index in [1.807, 2.05) is 18.4 Å². The minimum Gasteiger partial charge on any atom is -0.480 e. The third-order valence-corrected chi connectivity index (χ3v) is 4.51. The van der Waals surface area contributed by atoms with Gasteiger partial charge in [0.25, 0.3) is 0 Å². The predicted octanol–water partition coefficient (Wildman–Crippen LogP) is 2.68. The van der Waals surface area contributed by atoms with Gasteiger partial charge in [-0.2, -0.15) is 0 Å². The van der Waals surface area contributed by atoms with Crippen molar-refractivity contribution < 1.29 is 9.90 Å². The van der Waals surface area contributed by atoms with E-state index in [2.05, 4.69) is 11.4 Å². The molecule has 1 aromatic rings. The standard InChI is InChI=1S/C11H17NO2S2/c1-3-12-11(2,10(13)14)6-8-16-9-5-4-7-15-9/h4-5,7,12H,3,6,8H2,1-2H3,(H,13,14). The molecule has 0 spiro atoms. The zero-order valence-corrected chi connectivity index (χ0v) is 11.2. The average Bonchev–Trinajstić information content (AvgIpc) is 2.70. The molecule has 16 heavy (non-hydrogen) atoms. The second-order valence-electron chi connectivity index (χ2n) is 3.70. The third-order valence-electron chi connectivity index (χ3n) is 2.38. The Morgan fingerprint density at radius 1 is 1.69 bits per heavy atom. The number of carbonyl (C=O) groups is 1. The topological polar surface area (TPSA) is 49.3 Å². The Morgan fingerprint density at radius 3 is 2.94 bits per heavy atom. The quantitative estimate of drug-likeness (QED) is 0.739. The van der Waals surface area contributed by atoms with Gasteiger partial charge in [0.2, 0.25) is 0 Å². The van der Waals surface area contributed by atoms with E-state index in [1.165, 1.54) is 4.21 Å². The van der Waals surface area contributed by atoms with Crippen LogP contribution in [0, 0.1) is 0 Å². The lowest BCUT2D eigenvalue weighted by atomic mass is 9.99. The molecule has 2 N–H and O–H groups in total. The van der Waals surface area contributed by atoms with Crippen molar-refractivity contribution in [3.05, 3.63) is 17.5 Å². The summed E-state index contributed by atoms with van der Waals surface area (Å²) in [6, 6.07) is 4.06. The van der Waals surface area contributed by atoms with Crippen LogP contribution in [0.15, 0.2) is 21.7 Å². The first-order valence-electron chi connectivity index (χ1n) is 5.23. The summed E-state index contributed by atoms with van der Waals surface area (Å²) >= 11 is 3.40. The van der Waals surface area contributed by atoms with Crippen molar-refractivity contribution >= 4 is 29.1 Å². The molecule has 0 aliphatic carbocycles. The molecule has 1 rings (SSSR count). The van der Waals surface area contributed by atoms with E-state index < -0.39 is 11.5 Å². The normalized spacial score (nSPS) is 14.6. The Labute approximate surface area is 104 Å². The van der Waals surface area contributed by atoms with Gasteiger partial charge in [-0.15, -0.1) is 23.1 Å². The van der Waals surface area contributed by atoms with E-state index in [0.717, 1.165) is 5.75 Å². The number of hydrogen-bond donors (Lipinski definition) is 2. The number of nitrogens with one attached hydrogen (secondary N) is 1. The summed E-state index contributed by atoms with van der Waals surface area (Å²) in [6.45, 7) is 4.34. The van der Waals surface area contributed by atoms with Crippen molar-refractivity contribution in [2.45, 2.75) is 30.0 Å². The molecule has 0 aliphatic rings. The number of thioether (sulfide) groups is 1. The molecule has 0 radical (unpaired) electrons. The van der Waals surface area contributed by atoms with Crippen LogP contribution in [-0.4, -0.2) is 28.9 Å². The second kappa shape index (κ2) is 6.27. The lowest BCUT2D eigenvalue weighted by molar-refractivity contribution is -0.144. The van der Waals surface area contributed by atoms with E-state index in [9.17, 15) is 4.79 Å². The van der Waals surface area contributed by atoms with Gasteiger partial charge in [0.05, 0.1) is 4.21 Å². The first kappa shape index (κ1) is 13.5. The zero-order chi connectivity index (χ0) is 12.0. The molecule has 0 saturated heterocycles. The lowest BCUT2D eigenvalue weighted by Gasteiger charge is -2.25. The molecular formula is C11H17NO2S2. The summed E-state index contributed by atoms with van der Waals surface area (Å²) in [7, 11) is 0. The van der Waals surface area contributed by atoms with Crippen molar-refractivity contribution in [2.24, 2.45) is 0 Å². The monoisotopic (exact) mass is 259 g/mol. The molecule has 0 bridgehead atoms. The van der Waals surface area contributed by atoms with E-state index in [-0.39, 0.29) is 0 Å². The Bertz CT molecular complexity index is 327. The van der Waals surface area contributed by atoms with E-state index >= 15 is 0 Å². The molecule has 0 fully saturated rings. The molecule has 0 saturated carbocycles. The highest BCUT2D eigenvalue weighted by Gasteiger charge is 2.31.